The van der Waals surface area contributed by atoms with Gasteiger partial charge in [0.15, 0.2) is 0 Å². The van der Waals surface area contributed by atoms with Crippen LogP contribution in [0.15, 0.2) is 59.7 Å². The van der Waals surface area contributed by atoms with Gasteiger partial charge >= 0.3 is 0 Å². The van der Waals surface area contributed by atoms with Gasteiger partial charge in [0.2, 0.25) is 5.69 Å². The van der Waals surface area contributed by atoms with Crippen molar-refractivity contribution >= 4 is 27.3 Å². The van der Waals surface area contributed by atoms with Crippen LogP contribution in [0.5, 0.6) is 0 Å². The lowest BCUT2D eigenvalue weighted by Crippen LogP contribution is -1.92. The molecule has 0 amide bonds. The van der Waals surface area contributed by atoms with Gasteiger partial charge in [0, 0.05) is 22.6 Å². The molecular formula is C18H21BrN2O. The van der Waals surface area contributed by atoms with Gasteiger partial charge < -0.3 is 5.21 Å². The van der Waals surface area contributed by atoms with Crippen molar-refractivity contribution < 1.29 is 4.86 Å². The van der Waals surface area contributed by atoms with Crippen LogP contribution >= 0.6 is 15.9 Å². The maximum Gasteiger partial charge on any atom is 0.244 e. The quantitative estimate of drug-likeness (QED) is 0.184. The van der Waals surface area contributed by atoms with E-state index in [9.17, 15) is 5.21 Å². The molecule has 0 aliphatic rings. The highest BCUT2D eigenvalue weighted by atomic mass is 79.9. The fourth-order valence-electron chi connectivity index (χ4n) is 2.29. The number of halogens is 1. The predicted molar refractivity (Wildman–Crippen MR) is 94.2 cm³/mol. The fraction of sp³-hybridized carbons (Fsp3) is 0.333. The monoisotopic (exact) mass is 360 g/mol. The molecule has 0 aromatic heterocycles. The van der Waals surface area contributed by atoms with Gasteiger partial charge in [-0.1, -0.05) is 70.0 Å². The molecule has 0 bridgehead atoms. The molecule has 2 aromatic carbocycles. The van der Waals surface area contributed by atoms with Gasteiger partial charge in [-0.15, -0.1) is 0 Å². The number of hydrogen-bond acceptors (Lipinski definition) is 2. The summed E-state index contributed by atoms with van der Waals surface area (Å²) in [5, 5.41) is 17.4. The van der Waals surface area contributed by atoms with Gasteiger partial charge in [-0.3, -0.25) is 0 Å². The second kappa shape index (κ2) is 9.36. The molecule has 3 nitrogen and oxygen atoms in total. The van der Waals surface area contributed by atoms with Crippen molar-refractivity contribution in [2.24, 2.45) is 5.11 Å². The van der Waals surface area contributed by atoms with E-state index in [-0.39, 0.29) is 0 Å². The van der Waals surface area contributed by atoms with Crippen molar-refractivity contribution in [2.75, 3.05) is 5.33 Å². The van der Waals surface area contributed by atoms with Crippen LogP contribution in [-0.2, 0) is 6.42 Å². The maximum atomic E-state index is 12.1. The lowest BCUT2D eigenvalue weighted by molar-refractivity contribution is -0.435. The topological polar surface area (TPSA) is 38.4 Å². The summed E-state index contributed by atoms with van der Waals surface area (Å²) in [6.07, 6.45) is 5.75. The first-order chi connectivity index (χ1) is 10.8. The van der Waals surface area contributed by atoms with E-state index >= 15 is 0 Å². The molecule has 4 heteroatoms. The Hall–Kier alpha value is -1.68. The minimum absolute atomic E-state index is 0.551. The van der Waals surface area contributed by atoms with E-state index in [1.807, 2.05) is 36.4 Å². The van der Waals surface area contributed by atoms with Crippen LogP contribution in [0.1, 0.15) is 31.2 Å². The summed E-state index contributed by atoms with van der Waals surface area (Å²) in [7, 11) is 0. The minimum Gasteiger partial charge on any atom is -0.594 e. The first-order valence-corrected chi connectivity index (χ1v) is 8.81. The number of hydrogen-bond donors (Lipinski definition) is 0. The summed E-state index contributed by atoms with van der Waals surface area (Å²) in [6.45, 7) is 0. The lowest BCUT2D eigenvalue weighted by atomic mass is 10.0. The number of alkyl halides is 1. The van der Waals surface area contributed by atoms with Gasteiger partial charge in [-0.25, -0.2) is 0 Å². The molecule has 0 aliphatic carbocycles. The highest BCUT2D eigenvalue weighted by molar-refractivity contribution is 9.09. The Balaban J connectivity index is 2.05. The van der Waals surface area contributed by atoms with Crippen molar-refractivity contribution in [1.82, 2.24) is 0 Å². The molecule has 22 heavy (non-hydrogen) atoms. The standard InChI is InChI=1S/C18H21BrN2O/c19-15-9-2-1-4-10-16-11-7-8-14-18(16)20-21(22)17-12-5-3-6-13-17/h3,5-8,11-14H,1-2,4,9-10,15H2. The zero-order valence-electron chi connectivity index (χ0n) is 12.6. The molecule has 2 aromatic rings. The Morgan fingerprint density at radius 3 is 2.32 bits per heavy atom. The van der Waals surface area contributed by atoms with E-state index in [4.69, 9.17) is 0 Å². The van der Waals surface area contributed by atoms with Crippen LogP contribution < -0.4 is 0 Å². The lowest BCUT2D eigenvalue weighted by Gasteiger charge is -2.05. The number of benzene rings is 2. The number of unbranched alkanes of at least 4 members (excludes halogenated alkanes) is 3. The molecule has 2 rings (SSSR count). The molecule has 0 unspecified atom stereocenters. The van der Waals surface area contributed by atoms with Crippen LogP contribution in [0.4, 0.5) is 11.4 Å². The van der Waals surface area contributed by atoms with Gasteiger partial charge in [0.05, 0.1) is 0 Å². The Morgan fingerprint density at radius 1 is 0.864 bits per heavy atom. The summed E-state index contributed by atoms with van der Waals surface area (Å²) in [6, 6.07) is 17.0. The average Bonchev–Trinajstić information content (AvgIpc) is 2.57. The molecule has 116 valence electrons. The number of rotatable bonds is 8. The number of aryl methyl sites for hydroxylation is 1. The second-order valence-corrected chi connectivity index (χ2v) is 5.98. The molecule has 0 N–H and O–H groups in total. The number of para-hydroxylation sites is 1. The molecule has 0 aliphatic heterocycles. The van der Waals surface area contributed by atoms with Crippen LogP contribution in [0, 0.1) is 5.21 Å². The SMILES string of the molecule is [O-][N+](=Nc1ccccc1CCCCCCBr)c1ccccc1. The molecule has 0 atom stereocenters. The minimum atomic E-state index is 0.551. The van der Waals surface area contributed by atoms with Crippen LogP contribution in [0.2, 0.25) is 0 Å². The van der Waals surface area contributed by atoms with E-state index in [1.54, 1.807) is 12.1 Å². The predicted octanol–water partition coefficient (Wildman–Crippen LogP) is 6.11. The molecule has 0 radical (unpaired) electrons. The molecule has 0 fully saturated rings. The van der Waals surface area contributed by atoms with Crippen molar-refractivity contribution in [2.45, 2.75) is 32.1 Å². The van der Waals surface area contributed by atoms with Crippen molar-refractivity contribution in [3.63, 3.8) is 0 Å². The van der Waals surface area contributed by atoms with Crippen LogP contribution in [0.25, 0.3) is 0 Å². The molecule has 0 spiro atoms. The third kappa shape index (κ3) is 5.26. The normalized spacial score (nSPS) is 11.6. The smallest absolute Gasteiger partial charge is 0.244 e. The Labute approximate surface area is 140 Å². The molecular weight excluding hydrogens is 340 g/mol. The molecule has 0 saturated carbocycles. The van der Waals surface area contributed by atoms with Crippen molar-refractivity contribution in [3.8, 4) is 0 Å². The first kappa shape index (κ1) is 16.7. The van der Waals surface area contributed by atoms with Crippen molar-refractivity contribution in [3.05, 3.63) is 65.4 Å². The van der Waals surface area contributed by atoms with Gasteiger partial charge in [0.1, 0.15) is 5.69 Å². The van der Waals surface area contributed by atoms with Gasteiger partial charge in [-0.05, 0) is 30.9 Å². The summed E-state index contributed by atoms with van der Waals surface area (Å²) in [5.74, 6) is 0. The zero-order valence-corrected chi connectivity index (χ0v) is 14.2. The Bertz CT molecular complexity index is 599. The highest BCUT2D eigenvalue weighted by Gasteiger charge is 2.06. The average molecular weight is 361 g/mol. The van der Waals surface area contributed by atoms with E-state index in [2.05, 4.69) is 27.1 Å². The van der Waals surface area contributed by atoms with Crippen LogP contribution in [0.3, 0.4) is 0 Å². The number of nitrogens with zero attached hydrogens (tertiary/aromatic N) is 2. The summed E-state index contributed by atoms with van der Waals surface area (Å²) in [5.41, 5.74) is 2.45. The van der Waals surface area contributed by atoms with E-state index < -0.39 is 0 Å². The van der Waals surface area contributed by atoms with E-state index in [1.165, 1.54) is 19.3 Å². The van der Waals surface area contributed by atoms with E-state index in [0.29, 0.717) is 10.5 Å². The third-order valence-electron chi connectivity index (χ3n) is 3.50. The Morgan fingerprint density at radius 2 is 1.55 bits per heavy atom. The highest BCUT2D eigenvalue weighted by Crippen LogP contribution is 2.23. The summed E-state index contributed by atoms with van der Waals surface area (Å²) >= 11 is 3.45. The third-order valence-corrected chi connectivity index (χ3v) is 4.06. The maximum absolute atomic E-state index is 12.1. The van der Waals surface area contributed by atoms with E-state index in [0.717, 1.165) is 29.4 Å². The summed E-state index contributed by atoms with van der Waals surface area (Å²) in [4.78, 5) is 0.698. The van der Waals surface area contributed by atoms with Gasteiger partial charge in [0.25, 0.3) is 0 Å². The molecule has 0 saturated heterocycles. The second-order valence-electron chi connectivity index (χ2n) is 5.19. The first-order valence-electron chi connectivity index (χ1n) is 7.69. The molecule has 0 heterocycles. The van der Waals surface area contributed by atoms with Gasteiger partial charge in [-0.2, -0.15) is 0 Å². The Kier molecular flexibility index (Phi) is 7.10. The van der Waals surface area contributed by atoms with Crippen LogP contribution in [-0.4, -0.2) is 10.2 Å². The summed E-state index contributed by atoms with van der Waals surface area (Å²) < 4.78 is 0. The largest absolute Gasteiger partial charge is 0.594 e. The fourth-order valence-corrected chi connectivity index (χ4v) is 2.69. The zero-order chi connectivity index (χ0) is 15.6. The number of azo groups is 1. The van der Waals surface area contributed by atoms with Crippen molar-refractivity contribution in [1.29, 1.82) is 0 Å².